The number of rotatable bonds is 3. The second-order valence-corrected chi connectivity index (χ2v) is 4.09. The van der Waals surface area contributed by atoms with Crippen LogP contribution < -0.4 is 11.3 Å². The highest BCUT2D eigenvalue weighted by atomic mass is 16.3. The lowest BCUT2D eigenvalue weighted by Gasteiger charge is -2.26. The number of furan rings is 1. The molecular formula is C11H17N3O2. The third kappa shape index (κ3) is 2.43. The second-order valence-electron chi connectivity index (χ2n) is 4.09. The van der Waals surface area contributed by atoms with E-state index in [9.17, 15) is 4.79 Å². The average molecular weight is 223 g/mol. The molecule has 3 N–H and O–H groups in total. The summed E-state index contributed by atoms with van der Waals surface area (Å²) in [5, 5.41) is 0. The molecule has 2 rings (SSSR count). The highest BCUT2D eigenvalue weighted by Crippen LogP contribution is 2.16. The number of carbonyl (C=O) groups excluding carboxylic acids is 1. The smallest absolute Gasteiger partial charge is 0.301 e. The molecule has 1 aliphatic rings. The lowest BCUT2D eigenvalue weighted by molar-refractivity contribution is 0.0922. The number of nitrogens with one attached hydrogen (secondary N) is 1. The Labute approximate surface area is 94.6 Å². The fourth-order valence-electron chi connectivity index (χ4n) is 2.08. The standard InChI is InChI=1S/C11H17N3O2/c12-13-11(15)10-9(4-7-16-10)8-14-5-2-1-3-6-14/h4,7H,1-3,5-6,8,12H2,(H,13,15). The second kappa shape index (κ2) is 5.14. The van der Waals surface area contributed by atoms with Crippen LogP contribution >= 0.6 is 0 Å². The Morgan fingerprint density at radius 2 is 2.19 bits per heavy atom. The fraction of sp³-hybridized carbons (Fsp3) is 0.545. The van der Waals surface area contributed by atoms with Gasteiger partial charge >= 0.3 is 5.91 Å². The van der Waals surface area contributed by atoms with Crippen LogP contribution in [0, 0.1) is 0 Å². The average Bonchev–Trinajstić information content (AvgIpc) is 2.77. The maximum Gasteiger partial charge on any atom is 0.301 e. The zero-order valence-corrected chi connectivity index (χ0v) is 9.24. The molecule has 0 aliphatic carbocycles. The van der Waals surface area contributed by atoms with Crippen molar-refractivity contribution in [3.8, 4) is 0 Å². The Morgan fingerprint density at radius 1 is 1.44 bits per heavy atom. The molecule has 1 aromatic rings. The quantitative estimate of drug-likeness (QED) is 0.453. The van der Waals surface area contributed by atoms with E-state index in [2.05, 4.69) is 10.3 Å². The van der Waals surface area contributed by atoms with E-state index in [0.717, 1.165) is 25.2 Å². The Balaban J connectivity index is 2.03. The summed E-state index contributed by atoms with van der Waals surface area (Å²) in [6.45, 7) is 2.95. The summed E-state index contributed by atoms with van der Waals surface area (Å²) in [4.78, 5) is 13.7. The molecule has 5 nitrogen and oxygen atoms in total. The minimum Gasteiger partial charge on any atom is -0.459 e. The van der Waals surface area contributed by atoms with Crippen molar-refractivity contribution in [3.05, 3.63) is 23.7 Å². The van der Waals surface area contributed by atoms with Gasteiger partial charge in [0.15, 0.2) is 5.76 Å². The first-order chi connectivity index (χ1) is 7.81. The third-order valence-corrected chi connectivity index (χ3v) is 2.93. The number of piperidine rings is 1. The van der Waals surface area contributed by atoms with Crippen LogP contribution in [0.5, 0.6) is 0 Å². The number of likely N-dealkylation sites (tertiary alicyclic amines) is 1. The first-order valence-electron chi connectivity index (χ1n) is 5.61. The predicted molar refractivity (Wildman–Crippen MR) is 59.5 cm³/mol. The molecule has 2 heterocycles. The Hall–Kier alpha value is -1.33. The molecule has 5 heteroatoms. The molecule has 0 bridgehead atoms. The van der Waals surface area contributed by atoms with Gasteiger partial charge in [-0.05, 0) is 32.0 Å². The number of hydrogen-bond acceptors (Lipinski definition) is 4. The van der Waals surface area contributed by atoms with Crippen LogP contribution in [0.25, 0.3) is 0 Å². The number of amides is 1. The molecule has 0 unspecified atom stereocenters. The largest absolute Gasteiger partial charge is 0.459 e. The van der Waals surface area contributed by atoms with Gasteiger partial charge in [0.2, 0.25) is 0 Å². The van der Waals surface area contributed by atoms with Crippen molar-refractivity contribution in [2.45, 2.75) is 25.8 Å². The number of nitrogen functional groups attached to an aromatic ring is 1. The minimum atomic E-state index is -0.364. The van der Waals surface area contributed by atoms with Crippen molar-refractivity contribution >= 4 is 5.91 Å². The summed E-state index contributed by atoms with van der Waals surface area (Å²) in [5.41, 5.74) is 3.00. The van der Waals surface area contributed by atoms with Gasteiger partial charge in [-0.15, -0.1) is 0 Å². The van der Waals surface area contributed by atoms with Gasteiger partial charge in [0.25, 0.3) is 0 Å². The fourth-order valence-corrected chi connectivity index (χ4v) is 2.08. The number of nitrogens with two attached hydrogens (primary N) is 1. The van der Waals surface area contributed by atoms with Crippen LogP contribution in [0.3, 0.4) is 0 Å². The topological polar surface area (TPSA) is 71.5 Å². The van der Waals surface area contributed by atoms with E-state index in [-0.39, 0.29) is 5.91 Å². The first-order valence-corrected chi connectivity index (χ1v) is 5.61. The van der Waals surface area contributed by atoms with Crippen LogP contribution in [-0.4, -0.2) is 23.9 Å². The van der Waals surface area contributed by atoms with Crippen LogP contribution in [0.4, 0.5) is 0 Å². The van der Waals surface area contributed by atoms with Crippen molar-refractivity contribution in [3.63, 3.8) is 0 Å². The summed E-state index contributed by atoms with van der Waals surface area (Å²) in [7, 11) is 0. The SMILES string of the molecule is NNC(=O)c1occc1CN1CCCCC1. The monoisotopic (exact) mass is 223 g/mol. The van der Waals surface area contributed by atoms with Crippen molar-refractivity contribution in [1.82, 2.24) is 10.3 Å². The number of hydrogen-bond donors (Lipinski definition) is 2. The van der Waals surface area contributed by atoms with Crippen molar-refractivity contribution in [1.29, 1.82) is 0 Å². The van der Waals surface area contributed by atoms with E-state index in [1.165, 1.54) is 25.5 Å². The van der Waals surface area contributed by atoms with Gasteiger partial charge in [0.1, 0.15) is 0 Å². The lowest BCUT2D eigenvalue weighted by atomic mass is 10.1. The van der Waals surface area contributed by atoms with E-state index in [0.29, 0.717) is 5.76 Å². The number of hydrazine groups is 1. The van der Waals surface area contributed by atoms with Gasteiger partial charge < -0.3 is 4.42 Å². The molecule has 1 saturated heterocycles. The van der Waals surface area contributed by atoms with Crippen molar-refractivity contribution < 1.29 is 9.21 Å². The Bertz CT molecular complexity index is 356. The molecule has 1 amide bonds. The molecule has 0 spiro atoms. The summed E-state index contributed by atoms with van der Waals surface area (Å²) in [5.74, 6) is 5.06. The maximum atomic E-state index is 11.4. The zero-order valence-electron chi connectivity index (χ0n) is 9.24. The highest BCUT2D eigenvalue weighted by molar-refractivity contribution is 5.92. The van der Waals surface area contributed by atoms with E-state index in [4.69, 9.17) is 10.3 Å². The summed E-state index contributed by atoms with van der Waals surface area (Å²) in [6, 6.07) is 1.83. The molecule has 1 fully saturated rings. The van der Waals surface area contributed by atoms with Gasteiger partial charge in [-0.1, -0.05) is 6.42 Å². The van der Waals surface area contributed by atoms with Crippen LogP contribution in [0.15, 0.2) is 16.7 Å². The van der Waals surface area contributed by atoms with E-state index < -0.39 is 0 Å². The molecule has 1 aromatic heterocycles. The Morgan fingerprint density at radius 3 is 2.88 bits per heavy atom. The van der Waals surface area contributed by atoms with Gasteiger partial charge in [0, 0.05) is 12.1 Å². The van der Waals surface area contributed by atoms with Gasteiger partial charge in [-0.25, -0.2) is 5.84 Å². The normalized spacial score (nSPS) is 17.3. The van der Waals surface area contributed by atoms with Gasteiger partial charge in [-0.3, -0.25) is 15.1 Å². The lowest BCUT2D eigenvalue weighted by Crippen LogP contribution is -2.32. The van der Waals surface area contributed by atoms with Crippen molar-refractivity contribution in [2.24, 2.45) is 5.84 Å². The molecular weight excluding hydrogens is 206 g/mol. The van der Waals surface area contributed by atoms with Crippen LogP contribution in [0.2, 0.25) is 0 Å². The molecule has 0 atom stereocenters. The van der Waals surface area contributed by atoms with Crippen LogP contribution in [0.1, 0.15) is 35.4 Å². The zero-order chi connectivity index (χ0) is 11.4. The van der Waals surface area contributed by atoms with E-state index in [1.807, 2.05) is 6.07 Å². The van der Waals surface area contributed by atoms with E-state index in [1.54, 1.807) is 0 Å². The molecule has 16 heavy (non-hydrogen) atoms. The van der Waals surface area contributed by atoms with Crippen LogP contribution in [-0.2, 0) is 6.54 Å². The van der Waals surface area contributed by atoms with E-state index >= 15 is 0 Å². The summed E-state index contributed by atoms with van der Waals surface area (Å²) >= 11 is 0. The molecule has 0 aromatic carbocycles. The number of nitrogens with zero attached hydrogens (tertiary/aromatic N) is 1. The maximum absolute atomic E-state index is 11.4. The first kappa shape index (κ1) is 11.2. The van der Waals surface area contributed by atoms with Crippen molar-refractivity contribution in [2.75, 3.05) is 13.1 Å². The molecule has 1 aliphatic heterocycles. The minimum absolute atomic E-state index is 0.327. The highest BCUT2D eigenvalue weighted by Gasteiger charge is 2.17. The van der Waals surface area contributed by atoms with Gasteiger partial charge in [-0.2, -0.15) is 0 Å². The Kier molecular flexibility index (Phi) is 3.58. The molecule has 0 radical (unpaired) electrons. The summed E-state index contributed by atoms with van der Waals surface area (Å²) in [6.07, 6.45) is 5.30. The third-order valence-electron chi connectivity index (χ3n) is 2.93. The predicted octanol–water partition coefficient (Wildman–Crippen LogP) is 0.869. The van der Waals surface area contributed by atoms with Gasteiger partial charge in [0.05, 0.1) is 6.26 Å². The summed E-state index contributed by atoms with van der Waals surface area (Å²) < 4.78 is 5.14. The number of carbonyl (C=O) groups is 1. The molecule has 88 valence electrons. The molecule has 0 saturated carbocycles.